The van der Waals surface area contributed by atoms with Gasteiger partial charge in [-0.05, 0) is 39.3 Å². The maximum Gasteiger partial charge on any atom is 0.0484 e. The van der Waals surface area contributed by atoms with Crippen molar-refractivity contribution in [2.75, 3.05) is 0 Å². The Labute approximate surface area is 86.5 Å². The maximum absolute atomic E-state index is 2.55. The molecule has 0 saturated heterocycles. The second-order valence-electron chi connectivity index (χ2n) is 5.31. The van der Waals surface area contributed by atoms with Crippen LogP contribution in [0.4, 0.5) is 0 Å². The van der Waals surface area contributed by atoms with Crippen LogP contribution in [-0.2, 0) is 13.6 Å². The zero-order chi connectivity index (χ0) is 10.5. The molecule has 0 amide bonds. The smallest absolute Gasteiger partial charge is 0.0484 e. The molecule has 0 radical (unpaired) electrons. The first-order chi connectivity index (χ1) is 6.41. The molecule has 2 nitrogen and oxygen atoms in total. The second kappa shape index (κ2) is 2.86. The van der Waals surface area contributed by atoms with Crippen LogP contribution in [0.2, 0.25) is 0 Å². The normalized spacial score (nSPS) is 22.8. The van der Waals surface area contributed by atoms with E-state index < -0.39 is 0 Å². The SMILES string of the molecule is C[C@@H]1c2c(ccn2C)CN1C(C)(C)C. The molecule has 0 saturated carbocycles. The number of hydrogen-bond acceptors (Lipinski definition) is 1. The van der Waals surface area contributed by atoms with Gasteiger partial charge in [-0.15, -0.1) is 0 Å². The van der Waals surface area contributed by atoms with Gasteiger partial charge in [0.25, 0.3) is 0 Å². The van der Waals surface area contributed by atoms with Gasteiger partial charge in [-0.25, -0.2) is 0 Å². The summed E-state index contributed by atoms with van der Waals surface area (Å²) in [6.45, 7) is 10.3. The number of aromatic nitrogens is 1. The van der Waals surface area contributed by atoms with Gasteiger partial charge in [-0.1, -0.05) is 0 Å². The Balaban J connectivity index is 2.35. The number of rotatable bonds is 0. The molecule has 2 heteroatoms. The summed E-state index contributed by atoms with van der Waals surface area (Å²) >= 11 is 0. The molecule has 0 unspecified atom stereocenters. The lowest BCUT2D eigenvalue weighted by atomic mass is 10.1. The molecule has 1 aromatic heterocycles. The highest BCUT2D eigenvalue weighted by molar-refractivity contribution is 5.30. The standard InChI is InChI=1S/C12H20N2/c1-9-11-10(6-7-13(11)5)8-14(9)12(2,3)4/h6-7,9H,8H2,1-5H3/t9-/m1/s1. The van der Waals surface area contributed by atoms with Crippen LogP contribution in [0.25, 0.3) is 0 Å². The lowest BCUT2D eigenvalue weighted by Gasteiger charge is -2.35. The quantitative estimate of drug-likeness (QED) is 0.613. The fourth-order valence-electron chi connectivity index (χ4n) is 2.58. The van der Waals surface area contributed by atoms with Gasteiger partial charge in [0, 0.05) is 37.1 Å². The van der Waals surface area contributed by atoms with Gasteiger partial charge in [0.1, 0.15) is 0 Å². The monoisotopic (exact) mass is 192 g/mol. The highest BCUT2D eigenvalue weighted by Gasteiger charge is 2.35. The van der Waals surface area contributed by atoms with Crippen molar-refractivity contribution in [2.45, 2.75) is 45.8 Å². The minimum absolute atomic E-state index is 0.262. The molecule has 78 valence electrons. The molecular weight excluding hydrogens is 172 g/mol. The molecule has 1 aliphatic rings. The van der Waals surface area contributed by atoms with Gasteiger partial charge in [-0.3, -0.25) is 4.90 Å². The summed E-state index contributed by atoms with van der Waals surface area (Å²) in [5.74, 6) is 0. The average Bonchev–Trinajstić information content (AvgIpc) is 2.53. The molecule has 0 N–H and O–H groups in total. The Morgan fingerprint density at radius 3 is 2.50 bits per heavy atom. The summed E-state index contributed by atoms with van der Waals surface area (Å²) in [7, 11) is 2.14. The van der Waals surface area contributed by atoms with Crippen LogP contribution in [-0.4, -0.2) is 15.0 Å². The third kappa shape index (κ3) is 1.29. The average molecular weight is 192 g/mol. The largest absolute Gasteiger partial charge is 0.353 e. The van der Waals surface area contributed by atoms with Gasteiger partial charge in [0.15, 0.2) is 0 Å². The van der Waals surface area contributed by atoms with Crippen molar-refractivity contribution >= 4 is 0 Å². The van der Waals surface area contributed by atoms with E-state index in [9.17, 15) is 0 Å². The Hall–Kier alpha value is -0.760. The van der Waals surface area contributed by atoms with E-state index in [-0.39, 0.29) is 5.54 Å². The third-order valence-electron chi connectivity index (χ3n) is 3.27. The van der Waals surface area contributed by atoms with Crippen molar-refractivity contribution in [1.82, 2.24) is 9.47 Å². The zero-order valence-electron chi connectivity index (χ0n) is 9.83. The molecule has 14 heavy (non-hydrogen) atoms. The van der Waals surface area contributed by atoms with E-state index in [2.05, 4.69) is 56.5 Å². The maximum atomic E-state index is 2.55. The summed E-state index contributed by atoms with van der Waals surface area (Å²) in [5, 5.41) is 0. The minimum atomic E-state index is 0.262. The summed E-state index contributed by atoms with van der Waals surface area (Å²) < 4.78 is 2.26. The molecule has 0 fully saturated rings. The van der Waals surface area contributed by atoms with Crippen LogP contribution in [0.1, 0.15) is 45.0 Å². The summed E-state index contributed by atoms with van der Waals surface area (Å²) in [6, 6.07) is 2.79. The fourth-order valence-corrected chi connectivity index (χ4v) is 2.58. The predicted octanol–water partition coefficient (Wildman–Crippen LogP) is 2.70. The number of nitrogens with zero attached hydrogens (tertiary/aromatic N) is 2. The van der Waals surface area contributed by atoms with E-state index in [1.807, 2.05) is 0 Å². The lowest BCUT2D eigenvalue weighted by Crippen LogP contribution is -2.39. The first-order valence-electron chi connectivity index (χ1n) is 5.32. The van der Waals surface area contributed by atoms with E-state index >= 15 is 0 Å². The molecule has 1 aromatic rings. The number of hydrogen-bond donors (Lipinski definition) is 0. The molecule has 0 spiro atoms. The molecule has 0 aromatic carbocycles. The van der Waals surface area contributed by atoms with Crippen molar-refractivity contribution < 1.29 is 0 Å². The first kappa shape index (κ1) is 9.78. The van der Waals surface area contributed by atoms with Gasteiger partial charge in [-0.2, -0.15) is 0 Å². The molecular formula is C12H20N2. The second-order valence-corrected chi connectivity index (χ2v) is 5.31. The van der Waals surface area contributed by atoms with Crippen LogP contribution < -0.4 is 0 Å². The van der Waals surface area contributed by atoms with Crippen LogP contribution in [0.3, 0.4) is 0 Å². The van der Waals surface area contributed by atoms with Gasteiger partial charge >= 0.3 is 0 Å². The molecule has 1 aliphatic heterocycles. The van der Waals surface area contributed by atoms with E-state index in [1.54, 1.807) is 0 Å². The van der Waals surface area contributed by atoms with Crippen LogP contribution in [0.5, 0.6) is 0 Å². The molecule has 2 rings (SSSR count). The van der Waals surface area contributed by atoms with E-state index in [4.69, 9.17) is 0 Å². The van der Waals surface area contributed by atoms with E-state index in [0.29, 0.717) is 6.04 Å². The Bertz CT molecular complexity index is 344. The molecule has 1 atom stereocenters. The summed E-state index contributed by atoms with van der Waals surface area (Å²) in [6.07, 6.45) is 2.17. The summed E-state index contributed by atoms with van der Waals surface area (Å²) in [4.78, 5) is 2.55. The Morgan fingerprint density at radius 1 is 1.36 bits per heavy atom. The fraction of sp³-hybridized carbons (Fsp3) is 0.667. The Kier molecular flexibility index (Phi) is 2.00. The molecule has 2 heterocycles. The van der Waals surface area contributed by atoms with Crippen molar-refractivity contribution in [1.29, 1.82) is 0 Å². The van der Waals surface area contributed by atoms with Crippen LogP contribution in [0.15, 0.2) is 12.3 Å². The highest BCUT2D eigenvalue weighted by Crippen LogP contribution is 2.38. The minimum Gasteiger partial charge on any atom is -0.353 e. The van der Waals surface area contributed by atoms with Crippen molar-refractivity contribution in [3.8, 4) is 0 Å². The number of aryl methyl sites for hydroxylation is 1. The van der Waals surface area contributed by atoms with Gasteiger partial charge in [0.05, 0.1) is 0 Å². The molecule has 0 bridgehead atoms. The summed E-state index contributed by atoms with van der Waals surface area (Å²) in [5.41, 5.74) is 3.24. The molecule has 0 aliphatic carbocycles. The van der Waals surface area contributed by atoms with Crippen LogP contribution >= 0.6 is 0 Å². The predicted molar refractivity (Wildman–Crippen MR) is 59.1 cm³/mol. The topological polar surface area (TPSA) is 8.17 Å². The van der Waals surface area contributed by atoms with Gasteiger partial charge in [0.2, 0.25) is 0 Å². The van der Waals surface area contributed by atoms with Crippen molar-refractivity contribution in [3.63, 3.8) is 0 Å². The van der Waals surface area contributed by atoms with Crippen LogP contribution in [0, 0.1) is 0 Å². The van der Waals surface area contributed by atoms with E-state index in [0.717, 1.165) is 6.54 Å². The lowest BCUT2D eigenvalue weighted by molar-refractivity contribution is 0.0973. The van der Waals surface area contributed by atoms with Crippen molar-refractivity contribution in [3.05, 3.63) is 23.5 Å². The highest BCUT2D eigenvalue weighted by atomic mass is 15.2. The first-order valence-corrected chi connectivity index (χ1v) is 5.32. The third-order valence-corrected chi connectivity index (χ3v) is 3.27. The van der Waals surface area contributed by atoms with Gasteiger partial charge < -0.3 is 4.57 Å². The zero-order valence-corrected chi connectivity index (χ0v) is 9.83. The Morgan fingerprint density at radius 2 is 2.00 bits per heavy atom. The van der Waals surface area contributed by atoms with Crippen molar-refractivity contribution in [2.24, 2.45) is 7.05 Å². The van der Waals surface area contributed by atoms with E-state index in [1.165, 1.54) is 11.3 Å². The number of fused-ring (bicyclic) bond motifs is 1.